The van der Waals surface area contributed by atoms with Gasteiger partial charge in [0, 0.05) is 41.2 Å². The average molecular weight is 350 g/mol. The lowest BCUT2D eigenvalue weighted by Gasteiger charge is -2.26. The number of aromatic nitrogens is 2. The Bertz CT molecular complexity index is 755. The van der Waals surface area contributed by atoms with E-state index in [9.17, 15) is 9.59 Å². The van der Waals surface area contributed by atoms with Crippen molar-refractivity contribution in [1.82, 2.24) is 14.7 Å². The Morgan fingerprint density at radius 1 is 1.13 bits per heavy atom. The van der Waals surface area contributed by atoms with E-state index in [4.69, 9.17) is 11.6 Å². The van der Waals surface area contributed by atoms with Crippen LogP contribution in [0.4, 0.5) is 0 Å². The van der Waals surface area contributed by atoms with Gasteiger partial charge in [0.25, 0.3) is 5.56 Å². The summed E-state index contributed by atoms with van der Waals surface area (Å²) >= 11 is 7.72. The number of carbonyl (C=O) groups is 1. The van der Waals surface area contributed by atoms with Crippen LogP contribution in [-0.2, 0) is 11.3 Å². The molecule has 5 nitrogen and oxygen atoms in total. The van der Waals surface area contributed by atoms with Crippen LogP contribution >= 0.6 is 23.4 Å². The average Bonchev–Trinajstić information content (AvgIpc) is 2.58. The Morgan fingerprint density at radius 3 is 2.52 bits per heavy atom. The van der Waals surface area contributed by atoms with Gasteiger partial charge in [-0.1, -0.05) is 23.7 Å². The summed E-state index contributed by atoms with van der Waals surface area (Å²) in [6.07, 6.45) is 0. The van der Waals surface area contributed by atoms with Crippen LogP contribution in [0.15, 0.2) is 41.2 Å². The smallest absolute Gasteiger partial charge is 0.267 e. The number of thioether (sulfide) groups is 1. The normalized spacial score (nSPS) is 14.7. The molecule has 7 heteroatoms. The van der Waals surface area contributed by atoms with E-state index in [0.717, 1.165) is 30.2 Å². The Morgan fingerprint density at radius 2 is 1.83 bits per heavy atom. The van der Waals surface area contributed by atoms with Crippen molar-refractivity contribution in [3.63, 3.8) is 0 Å². The van der Waals surface area contributed by atoms with Crippen molar-refractivity contribution in [3.8, 4) is 11.3 Å². The molecule has 1 fully saturated rings. The van der Waals surface area contributed by atoms with Gasteiger partial charge in [-0.15, -0.1) is 0 Å². The number of benzene rings is 1. The SMILES string of the molecule is O=C(Cn1nc(-c2ccc(Cl)cc2)ccc1=O)N1CCSCC1. The molecule has 0 saturated carbocycles. The number of carbonyl (C=O) groups excluding carboxylic acids is 1. The maximum Gasteiger partial charge on any atom is 0.267 e. The first-order chi connectivity index (χ1) is 11.1. The first kappa shape index (κ1) is 16.1. The van der Waals surface area contributed by atoms with E-state index in [2.05, 4.69) is 5.10 Å². The highest BCUT2D eigenvalue weighted by atomic mass is 35.5. The monoisotopic (exact) mass is 349 g/mol. The highest BCUT2D eigenvalue weighted by Crippen LogP contribution is 2.18. The molecule has 23 heavy (non-hydrogen) atoms. The number of rotatable bonds is 3. The number of hydrogen-bond acceptors (Lipinski definition) is 4. The molecule has 1 aromatic heterocycles. The highest BCUT2D eigenvalue weighted by molar-refractivity contribution is 7.99. The molecule has 120 valence electrons. The van der Waals surface area contributed by atoms with Gasteiger partial charge >= 0.3 is 0 Å². The summed E-state index contributed by atoms with van der Waals surface area (Å²) < 4.78 is 1.23. The molecular weight excluding hydrogens is 334 g/mol. The maximum atomic E-state index is 12.3. The summed E-state index contributed by atoms with van der Waals surface area (Å²) in [5, 5.41) is 4.95. The van der Waals surface area contributed by atoms with Gasteiger partial charge < -0.3 is 4.90 Å². The Hall–Kier alpha value is -1.79. The molecule has 0 bridgehead atoms. The van der Waals surface area contributed by atoms with Gasteiger partial charge in [-0.2, -0.15) is 16.9 Å². The molecule has 1 aromatic carbocycles. The second-order valence-corrected chi connectivity index (χ2v) is 6.88. The Balaban J connectivity index is 1.81. The Labute approximate surface area is 143 Å². The maximum absolute atomic E-state index is 12.3. The zero-order valence-corrected chi connectivity index (χ0v) is 14.0. The van der Waals surface area contributed by atoms with E-state index in [1.807, 2.05) is 23.9 Å². The van der Waals surface area contributed by atoms with Crippen molar-refractivity contribution in [2.45, 2.75) is 6.54 Å². The topological polar surface area (TPSA) is 55.2 Å². The van der Waals surface area contributed by atoms with Gasteiger partial charge in [-0.3, -0.25) is 9.59 Å². The first-order valence-electron chi connectivity index (χ1n) is 7.33. The number of nitrogens with zero attached hydrogens (tertiary/aromatic N) is 3. The zero-order valence-electron chi connectivity index (χ0n) is 12.4. The van der Waals surface area contributed by atoms with Crippen molar-refractivity contribution in [3.05, 3.63) is 51.8 Å². The second kappa shape index (κ2) is 7.19. The van der Waals surface area contributed by atoms with Crippen LogP contribution in [0.3, 0.4) is 0 Å². The summed E-state index contributed by atoms with van der Waals surface area (Å²) in [5.74, 6) is 1.82. The summed E-state index contributed by atoms with van der Waals surface area (Å²) in [6, 6.07) is 10.3. The molecule has 0 radical (unpaired) electrons. The third-order valence-electron chi connectivity index (χ3n) is 3.66. The molecule has 0 aliphatic carbocycles. The van der Waals surface area contributed by atoms with Crippen molar-refractivity contribution in [2.75, 3.05) is 24.6 Å². The van der Waals surface area contributed by atoms with Gasteiger partial charge in [0.2, 0.25) is 5.91 Å². The van der Waals surface area contributed by atoms with E-state index in [-0.39, 0.29) is 18.0 Å². The molecule has 1 aliphatic rings. The molecule has 2 aromatic rings. The lowest BCUT2D eigenvalue weighted by Crippen LogP contribution is -2.41. The minimum Gasteiger partial charge on any atom is -0.339 e. The quantitative estimate of drug-likeness (QED) is 0.852. The number of amides is 1. The van der Waals surface area contributed by atoms with Crippen molar-refractivity contribution in [1.29, 1.82) is 0 Å². The molecule has 3 rings (SSSR count). The van der Waals surface area contributed by atoms with Crippen LogP contribution in [0.2, 0.25) is 5.02 Å². The van der Waals surface area contributed by atoms with Crippen LogP contribution in [0, 0.1) is 0 Å². The third kappa shape index (κ3) is 3.95. The number of hydrogen-bond donors (Lipinski definition) is 0. The summed E-state index contributed by atoms with van der Waals surface area (Å²) in [5.41, 5.74) is 1.22. The summed E-state index contributed by atoms with van der Waals surface area (Å²) in [7, 11) is 0. The minimum absolute atomic E-state index is 0.0229. The molecule has 1 aliphatic heterocycles. The van der Waals surface area contributed by atoms with Gasteiger partial charge in [-0.05, 0) is 18.2 Å². The molecular formula is C16H16ClN3O2S. The molecule has 1 saturated heterocycles. The van der Waals surface area contributed by atoms with Crippen molar-refractivity contribution >= 4 is 29.3 Å². The van der Waals surface area contributed by atoms with Crippen LogP contribution in [-0.4, -0.2) is 45.2 Å². The van der Waals surface area contributed by atoms with E-state index >= 15 is 0 Å². The molecule has 0 atom stereocenters. The standard InChI is InChI=1S/C16H16ClN3O2S/c17-13-3-1-12(2-4-13)14-5-6-15(21)20(18-14)11-16(22)19-7-9-23-10-8-19/h1-6H,7-11H2. The molecule has 2 heterocycles. The Kier molecular flexibility index (Phi) is 5.03. The van der Waals surface area contributed by atoms with Crippen molar-refractivity contribution < 1.29 is 4.79 Å². The van der Waals surface area contributed by atoms with E-state index < -0.39 is 0 Å². The van der Waals surface area contributed by atoms with E-state index in [1.165, 1.54) is 10.7 Å². The minimum atomic E-state index is -0.276. The van der Waals surface area contributed by atoms with E-state index in [1.54, 1.807) is 23.1 Å². The first-order valence-corrected chi connectivity index (χ1v) is 8.86. The molecule has 0 spiro atoms. The fraction of sp³-hybridized carbons (Fsp3) is 0.312. The number of halogens is 1. The zero-order chi connectivity index (χ0) is 16.2. The van der Waals surface area contributed by atoms with Crippen LogP contribution in [0.25, 0.3) is 11.3 Å². The van der Waals surface area contributed by atoms with Gasteiger partial charge in [0.15, 0.2) is 0 Å². The summed E-state index contributed by atoms with van der Waals surface area (Å²) in [4.78, 5) is 26.1. The predicted octanol–water partition coefficient (Wildman–Crippen LogP) is 2.14. The molecule has 0 unspecified atom stereocenters. The summed E-state index contributed by atoms with van der Waals surface area (Å²) in [6.45, 7) is 1.44. The fourth-order valence-electron chi connectivity index (χ4n) is 2.38. The van der Waals surface area contributed by atoms with Crippen LogP contribution < -0.4 is 5.56 Å². The largest absolute Gasteiger partial charge is 0.339 e. The van der Waals surface area contributed by atoms with Gasteiger partial charge in [0.1, 0.15) is 6.54 Å². The molecule has 0 N–H and O–H groups in total. The lowest BCUT2D eigenvalue weighted by atomic mass is 10.1. The van der Waals surface area contributed by atoms with Crippen LogP contribution in [0.5, 0.6) is 0 Å². The van der Waals surface area contributed by atoms with Gasteiger partial charge in [-0.25, -0.2) is 4.68 Å². The molecule has 1 amide bonds. The third-order valence-corrected chi connectivity index (χ3v) is 4.85. The fourth-order valence-corrected chi connectivity index (χ4v) is 3.41. The highest BCUT2D eigenvalue weighted by Gasteiger charge is 2.18. The van der Waals surface area contributed by atoms with Crippen LogP contribution in [0.1, 0.15) is 0 Å². The predicted molar refractivity (Wildman–Crippen MR) is 92.8 cm³/mol. The lowest BCUT2D eigenvalue weighted by molar-refractivity contribution is -0.131. The van der Waals surface area contributed by atoms with E-state index in [0.29, 0.717) is 10.7 Å². The second-order valence-electron chi connectivity index (χ2n) is 5.21. The van der Waals surface area contributed by atoms with Gasteiger partial charge in [0.05, 0.1) is 5.69 Å². The van der Waals surface area contributed by atoms with Crippen molar-refractivity contribution in [2.24, 2.45) is 0 Å².